The molecule has 0 saturated heterocycles. The van der Waals surface area contributed by atoms with Crippen molar-refractivity contribution in [1.82, 2.24) is 15.5 Å². The summed E-state index contributed by atoms with van der Waals surface area (Å²) >= 11 is 0. The summed E-state index contributed by atoms with van der Waals surface area (Å²) < 4.78 is 0. The van der Waals surface area contributed by atoms with Gasteiger partial charge in [0.05, 0.1) is 5.69 Å². The molecule has 0 radical (unpaired) electrons. The Kier molecular flexibility index (Phi) is 5.57. The van der Waals surface area contributed by atoms with Crippen LogP contribution in [0.4, 0.5) is 5.82 Å². The molecule has 0 unspecified atom stereocenters. The van der Waals surface area contributed by atoms with Gasteiger partial charge in [-0.3, -0.25) is 0 Å². The Morgan fingerprint density at radius 1 is 1.24 bits per heavy atom. The van der Waals surface area contributed by atoms with Crippen molar-refractivity contribution >= 4 is 5.82 Å². The number of hydrogen-bond acceptors (Lipinski definition) is 4. The van der Waals surface area contributed by atoms with Crippen LogP contribution in [-0.2, 0) is 6.54 Å². The van der Waals surface area contributed by atoms with Crippen LogP contribution < -0.4 is 10.2 Å². The van der Waals surface area contributed by atoms with Gasteiger partial charge in [0.1, 0.15) is 0 Å². The smallest absolute Gasteiger partial charge is 0.151 e. The fourth-order valence-electron chi connectivity index (χ4n) is 2.99. The maximum atomic E-state index is 4.40. The van der Waals surface area contributed by atoms with Gasteiger partial charge in [0.15, 0.2) is 5.82 Å². The third kappa shape index (κ3) is 4.67. The van der Waals surface area contributed by atoms with E-state index in [9.17, 15) is 0 Å². The van der Waals surface area contributed by atoms with E-state index in [-0.39, 0.29) is 0 Å². The highest BCUT2D eigenvalue weighted by Crippen LogP contribution is 2.37. The minimum absolute atomic E-state index is 0.512. The van der Waals surface area contributed by atoms with Gasteiger partial charge in [-0.25, -0.2) is 0 Å². The number of nitrogens with one attached hydrogen (secondary N) is 1. The molecule has 1 heterocycles. The standard InChI is InChI=1S/C17H30N4/c1-5-12-18-13-14-6-7-16(20-19-14)21(4)15-8-10-17(2,3)11-9-15/h6-7,15,18H,5,8-13H2,1-4H3. The van der Waals surface area contributed by atoms with Crippen LogP contribution in [0.3, 0.4) is 0 Å². The first-order valence-electron chi connectivity index (χ1n) is 8.28. The minimum atomic E-state index is 0.512. The predicted octanol–water partition coefficient (Wildman–Crippen LogP) is 3.38. The summed E-state index contributed by atoms with van der Waals surface area (Å²) in [5, 5.41) is 12.1. The van der Waals surface area contributed by atoms with Gasteiger partial charge in [0.2, 0.25) is 0 Å². The fraction of sp³-hybridized carbons (Fsp3) is 0.765. The largest absolute Gasteiger partial charge is 0.355 e. The Bertz CT molecular complexity index is 417. The highest BCUT2D eigenvalue weighted by atomic mass is 15.3. The van der Waals surface area contributed by atoms with Gasteiger partial charge in [-0.2, -0.15) is 5.10 Å². The molecule has 1 fully saturated rings. The highest BCUT2D eigenvalue weighted by Gasteiger charge is 2.29. The molecule has 0 aromatic carbocycles. The summed E-state index contributed by atoms with van der Waals surface area (Å²) in [6.45, 7) is 8.76. The Morgan fingerprint density at radius 2 is 1.95 bits per heavy atom. The van der Waals surface area contributed by atoms with E-state index in [1.807, 2.05) is 0 Å². The zero-order valence-electron chi connectivity index (χ0n) is 14.0. The molecule has 4 heteroatoms. The van der Waals surface area contributed by atoms with Crippen LogP contribution in [0.15, 0.2) is 12.1 Å². The summed E-state index contributed by atoms with van der Waals surface area (Å²) in [4.78, 5) is 2.31. The van der Waals surface area contributed by atoms with Crippen molar-refractivity contribution in [2.24, 2.45) is 5.41 Å². The number of anilines is 1. The molecule has 1 saturated carbocycles. The average molecular weight is 290 g/mol. The van der Waals surface area contributed by atoms with Crippen molar-refractivity contribution in [3.05, 3.63) is 17.8 Å². The summed E-state index contributed by atoms with van der Waals surface area (Å²) in [6.07, 6.45) is 6.26. The van der Waals surface area contributed by atoms with E-state index in [1.54, 1.807) is 0 Å². The lowest BCUT2D eigenvalue weighted by molar-refractivity contribution is 0.222. The third-order valence-electron chi connectivity index (χ3n) is 4.66. The van der Waals surface area contributed by atoms with Crippen molar-refractivity contribution in [2.45, 2.75) is 65.5 Å². The molecule has 2 rings (SSSR count). The van der Waals surface area contributed by atoms with E-state index in [4.69, 9.17) is 0 Å². The summed E-state index contributed by atoms with van der Waals surface area (Å²) in [5.41, 5.74) is 1.53. The van der Waals surface area contributed by atoms with Crippen LogP contribution in [0.25, 0.3) is 0 Å². The van der Waals surface area contributed by atoms with Gasteiger partial charge < -0.3 is 10.2 Å². The molecule has 1 N–H and O–H groups in total. The number of rotatable bonds is 6. The van der Waals surface area contributed by atoms with Gasteiger partial charge >= 0.3 is 0 Å². The van der Waals surface area contributed by atoms with E-state index in [2.05, 4.69) is 60.4 Å². The average Bonchev–Trinajstić information content (AvgIpc) is 2.48. The monoisotopic (exact) mass is 290 g/mol. The topological polar surface area (TPSA) is 41.0 Å². The van der Waals surface area contributed by atoms with Crippen LogP contribution in [0.5, 0.6) is 0 Å². The molecule has 1 aromatic rings. The first kappa shape index (κ1) is 16.2. The van der Waals surface area contributed by atoms with Crippen molar-refractivity contribution < 1.29 is 0 Å². The van der Waals surface area contributed by atoms with Gasteiger partial charge in [-0.1, -0.05) is 20.8 Å². The molecule has 1 aliphatic carbocycles. The minimum Gasteiger partial charge on any atom is -0.355 e. The number of hydrogen-bond donors (Lipinski definition) is 1. The second-order valence-corrected chi connectivity index (χ2v) is 7.07. The van der Waals surface area contributed by atoms with Crippen molar-refractivity contribution in [3.8, 4) is 0 Å². The van der Waals surface area contributed by atoms with Crippen LogP contribution in [-0.4, -0.2) is 29.8 Å². The molecule has 1 aromatic heterocycles. The quantitative estimate of drug-likeness (QED) is 0.815. The van der Waals surface area contributed by atoms with E-state index in [0.29, 0.717) is 11.5 Å². The molecule has 0 atom stereocenters. The summed E-state index contributed by atoms with van der Waals surface area (Å²) in [6, 6.07) is 4.81. The van der Waals surface area contributed by atoms with E-state index in [1.165, 1.54) is 25.7 Å². The first-order chi connectivity index (χ1) is 10.0. The summed E-state index contributed by atoms with van der Waals surface area (Å²) in [5.74, 6) is 0.999. The molecule has 118 valence electrons. The summed E-state index contributed by atoms with van der Waals surface area (Å²) in [7, 11) is 2.15. The molecule has 0 bridgehead atoms. The molecule has 0 amide bonds. The van der Waals surface area contributed by atoms with Gasteiger partial charge in [0, 0.05) is 19.6 Å². The lowest BCUT2D eigenvalue weighted by Gasteiger charge is -2.38. The van der Waals surface area contributed by atoms with E-state index >= 15 is 0 Å². The fourth-order valence-corrected chi connectivity index (χ4v) is 2.99. The predicted molar refractivity (Wildman–Crippen MR) is 88.5 cm³/mol. The molecular weight excluding hydrogens is 260 g/mol. The zero-order chi connectivity index (χ0) is 15.3. The Labute approximate surface area is 129 Å². The van der Waals surface area contributed by atoms with Gasteiger partial charge in [-0.05, 0) is 56.2 Å². The SMILES string of the molecule is CCCNCc1ccc(N(C)C2CCC(C)(C)CC2)nn1. The molecule has 0 aliphatic heterocycles. The maximum Gasteiger partial charge on any atom is 0.151 e. The highest BCUT2D eigenvalue weighted by molar-refractivity contribution is 5.37. The Hall–Kier alpha value is -1.16. The molecule has 1 aliphatic rings. The van der Waals surface area contributed by atoms with Crippen LogP contribution >= 0.6 is 0 Å². The molecular formula is C17H30N4. The van der Waals surface area contributed by atoms with Crippen LogP contribution in [0, 0.1) is 5.41 Å². The zero-order valence-corrected chi connectivity index (χ0v) is 14.0. The number of nitrogens with zero attached hydrogens (tertiary/aromatic N) is 3. The van der Waals surface area contributed by atoms with Gasteiger partial charge in [0.25, 0.3) is 0 Å². The molecule has 21 heavy (non-hydrogen) atoms. The normalized spacial score (nSPS) is 18.7. The maximum absolute atomic E-state index is 4.40. The first-order valence-corrected chi connectivity index (χ1v) is 8.28. The Balaban J connectivity index is 1.89. The van der Waals surface area contributed by atoms with Crippen molar-refractivity contribution in [3.63, 3.8) is 0 Å². The van der Waals surface area contributed by atoms with Crippen molar-refractivity contribution in [2.75, 3.05) is 18.5 Å². The third-order valence-corrected chi connectivity index (χ3v) is 4.66. The van der Waals surface area contributed by atoms with Crippen LogP contribution in [0.2, 0.25) is 0 Å². The molecule has 0 spiro atoms. The second-order valence-electron chi connectivity index (χ2n) is 7.07. The van der Waals surface area contributed by atoms with E-state index < -0.39 is 0 Å². The second kappa shape index (κ2) is 7.21. The lowest BCUT2D eigenvalue weighted by atomic mass is 9.75. The van der Waals surface area contributed by atoms with Crippen LogP contribution in [0.1, 0.15) is 58.6 Å². The number of aromatic nitrogens is 2. The van der Waals surface area contributed by atoms with E-state index in [0.717, 1.165) is 31.0 Å². The lowest BCUT2D eigenvalue weighted by Crippen LogP contribution is -2.37. The van der Waals surface area contributed by atoms with Crippen molar-refractivity contribution in [1.29, 1.82) is 0 Å². The molecule has 4 nitrogen and oxygen atoms in total. The Morgan fingerprint density at radius 3 is 2.52 bits per heavy atom. The van der Waals surface area contributed by atoms with Gasteiger partial charge in [-0.15, -0.1) is 5.10 Å².